The van der Waals surface area contributed by atoms with Gasteiger partial charge in [0.05, 0.1) is 5.60 Å². The minimum atomic E-state index is -3.55. The van der Waals surface area contributed by atoms with Gasteiger partial charge in [0.1, 0.15) is 5.69 Å². The molecular formula is C14H21N3O4S. The Morgan fingerprint density at radius 2 is 2.14 bits per heavy atom. The predicted molar refractivity (Wildman–Crippen MR) is 80.4 cm³/mol. The number of rotatable bonds is 3. The van der Waals surface area contributed by atoms with Gasteiger partial charge in [-0.15, -0.1) is 0 Å². The van der Waals surface area contributed by atoms with Gasteiger partial charge in [0.2, 0.25) is 15.0 Å². The van der Waals surface area contributed by atoms with Gasteiger partial charge >= 0.3 is 0 Å². The number of sulfone groups is 1. The molecule has 1 atom stereocenters. The van der Waals surface area contributed by atoms with Crippen molar-refractivity contribution in [2.45, 2.75) is 50.4 Å². The minimum absolute atomic E-state index is 0.0210. The lowest BCUT2D eigenvalue weighted by atomic mass is 9.94. The SMILES string of the molecule is Cc1cnc(S(C)(=O)=O)nc1C(=O)N[C@H]1CCOC(C)(C)C1. The smallest absolute Gasteiger partial charge is 0.270 e. The largest absolute Gasteiger partial charge is 0.375 e. The van der Waals surface area contributed by atoms with Crippen LogP contribution in [0.4, 0.5) is 0 Å². The quantitative estimate of drug-likeness (QED) is 0.827. The molecule has 1 amide bonds. The van der Waals surface area contributed by atoms with Crippen LogP contribution in [0.2, 0.25) is 0 Å². The molecule has 0 radical (unpaired) electrons. The van der Waals surface area contributed by atoms with Gasteiger partial charge in [-0.2, -0.15) is 0 Å². The third-order valence-electron chi connectivity index (χ3n) is 3.53. The van der Waals surface area contributed by atoms with Crippen LogP contribution in [-0.2, 0) is 14.6 Å². The van der Waals surface area contributed by atoms with Crippen LogP contribution in [0, 0.1) is 6.92 Å². The van der Waals surface area contributed by atoms with E-state index >= 15 is 0 Å². The van der Waals surface area contributed by atoms with E-state index in [4.69, 9.17) is 4.74 Å². The summed E-state index contributed by atoms with van der Waals surface area (Å²) < 4.78 is 28.7. The molecule has 1 fully saturated rings. The summed E-state index contributed by atoms with van der Waals surface area (Å²) in [6, 6.07) is -0.0210. The van der Waals surface area contributed by atoms with Crippen LogP contribution >= 0.6 is 0 Å². The van der Waals surface area contributed by atoms with Gasteiger partial charge < -0.3 is 10.1 Å². The van der Waals surface area contributed by atoms with Crippen molar-refractivity contribution in [3.63, 3.8) is 0 Å². The van der Waals surface area contributed by atoms with Crippen LogP contribution in [0.15, 0.2) is 11.4 Å². The van der Waals surface area contributed by atoms with Gasteiger partial charge in [0.15, 0.2) is 0 Å². The third-order valence-corrected chi connectivity index (χ3v) is 4.39. The van der Waals surface area contributed by atoms with Crippen LogP contribution in [-0.4, -0.2) is 48.8 Å². The first-order valence-corrected chi connectivity index (χ1v) is 8.96. The minimum Gasteiger partial charge on any atom is -0.375 e. The van der Waals surface area contributed by atoms with Crippen molar-refractivity contribution >= 4 is 15.7 Å². The molecule has 7 nitrogen and oxygen atoms in total. The maximum Gasteiger partial charge on any atom is 0.270 e. The van der Waals surface area contributed by atoms with E-state index in [-0.39, 0.29) is 28.4 Å². The van der Waals surface area contributed by atoms with E-state index < -0.39 is 9.84 Å². The van der Waals surface area contributed by atoms with E-state index in [1.807, 2.05) is 13.8 Å². The maximum atomic E-state index is 12.4. The van der Waals surface area contributed by atoms with Crippen molar-refractivity contribution in [2.75, 3.05) is 12.9 Å². The van der Waals surface area contributed by atoms with Gasteiger partial charge in [0.25, 0.3) is 5.91 Å². The van der Waals surface area contributed by atoms with Crippen LogP contribution in [0.25, 0.3) is 0 Å². The summed E-state index contributed by atoms with van der Waals surface area (Å²) in [5.74, 6) is -0.382. The van der Waals surface area contributed by atoms with Gasteiger partial charge in [-0.25, -0.2) is 18.4 Å². The molecule has 2 heterocycles. The first-order valence-electron chi connectivity index (χ1n) is 7.07. The molecule has 0 saturated carbocycles. The second-order valence-electron chi connectivity index (χ2n) is 6.23. The lowest BCUT2D eigenvalue weighted by Crippen LogP contribution is -2.46. The first-order chi connectivity index (χ1) is 10.1. The fourth-order valence-corrected chi connectivity index (χ4v) is 2.94. The lowest BCUT2D eigenvalue weighted by Gasteiger charge is -2.35. The standard InChI is InChI=1S/C14H21N3O4S/c1-9-8-15-13(22(4,19)20)17-11(9)12(18)16-10-5-6-21-14(2,3)7-10/h8,10H,5-7H2,1-4H3,(H,16,18)/t10-/m0/s1. The molecule has 22 heavy (non-hydrogen) atoms. The zero-order valence-corrected chi connectivity index (χ0v) is 14.0. The molecule has 0 bridgehead atoms. The Hall–Kier alpha value is -1.54. The number of nitrogens with one attached hydrogen (secondary N) is 1. The highest BCUT2D eigenvalue weighted by Gasteiger charge is 2.30. The summed E-state index contributed by atoms with van der Waals surface area (Å²) in [5, 5.41) is 2.57. The third kappa shape index (κ3) is 4.01. The Bertz CT molecular complexity index is 685. The molecule has 1 aromatic heterocycles. The van der Waals surface area contributed by atoms with E-state index in [1.54, 1.807) is 6.92 Å². The summed E-state index contributed by atoms with van der Waals surface area (Å²) in [5.41, 5.74) is 0.352. The highest BCUT2D eigenvalue weighted by Crippen LogP contribution is 2.24. The predicted octanol–water partition coefficient (Wildman–Crippen LogP) is 0.876. The first kappa shape index (κ1) is 16.8. The molecule has 0 aromatic carbocycles. The average Bonchev–Trinajstić information content (AvgIpc) is 2.36. The highest BCUT2D eigenvalue weighted by molar-refractivity contribution is 7.90. The van der Waals surface area contributed by atoms with Crippen molar-refractivity contribution in [3.8, 4) is 0 Å². The van der Waals surface area contributed by atoms with E-state index in [0.717, 1.165) is 12.7 Å². The number of hydrogen-bond donors (Lipinski definition) is 1. The Balaban J connectivity index is 2.19. The van der Waals surface area contributed by atoms with E-state index in [1.165, 1.54) is 6.20 Å². The maximum absolute atomic E-state index is 12.4. The fraction of sp³-hybridized carbons (Fsp3) is 0.643. The summed E-state index contributed by atoms with van der Waals surface area (Å²) in [6.45, 7) is 6.20. The van der Waals surface area contributed by atoms with E-state index in [9.17, 15) is 13.2 Å². The van der Waals surface area contributed by atoms with Gasteiger partial charge in [-0.05, 0) is 39.2 Å². The zero-order chi connectivity index (χ0) is 16.5. The van der Waals surface area contributed by atoms with Crippen molar-refractivity contribution in [1.29, 1.82) is 0 Å². The molecule has 0 spiro atoms. The molecule has 1 aliphatic rings. The van der Waals surface area contributed by atoms with Gasteiger partial charge in [0, 0.05) is 25.1 Å². The molecule has 1 aromatic rings. The summed E-state index contributed by atoms with van der Waals surface area (Å²) in [6.07, 6.45) is 3.78. The fourth-order valence-electron chi connectivity index (χ4n) is 2.44. The zero-order valence-electron chi connectivity index (χ0n) is 13.2. The van der Waals surface area contributed by atoms with Gasteiger partial charge in [-0.3, -0.25) is 4.79 Å². The second-order valence-corrected chi connectivity index (χ2v) is 8.14. The molecular weight excluding hydrogens is 306 g/mol. The number of ether oxygens (including phenoxy) is 1. The molecule has 1 aliphatic heterocycles. The number of aromatic nitrogens is 2. The molecule has 8 heteroatoms. The van der Waals surface area contributed by atoms with Crippen LogP contribution in [0.3, 0.4) is 0 Å². The summed E-state index contributed by atoms with van der Waals surface area (Å²) in [4.78, 5) is 20.1. The van der Waals surface area contributed by atoms with E-state index in [2.05, 4.69) is 15.3 Å². The van der Waals surface area contributed by atoms with Crippen molar-refractivity contribution in [1.82, 2.24) is 15.3 Å². The van der Waals surface area contributed by atoms with Crippen LogP contribution in [0.5, 0.6) is 0 Å². The second kappa shape index (κ2) is 5.92. The van der Waals surface area contributed by atoms with Crippen LogP contribution in [0.1, 0.15) is 42.7 Å². The number of carbonyl (C=O) groups is 1. The molecule has 1 saturated heterocycles. The number of amides is 1. The number of carbonyl (C=O) groups excluding carboxylic acids is 1. The van der Waals surface area contributed by atoms with Crippen LogP contribution < -0.4 is 5.32 Å². The van der Waals surface area contributed by atoms with Crippen molar-refractivity contribution < 1.29 is 17.9 Å². The average molecular weight is 327 g/mol. The van der Waals surface area contributed by atoms with Crippen molar-refractivity contribution in [3.05, 3.63) is 17.5 Å². The Labute approximate surface area is 130 Å². The number of hydrogen-bond acceptors (Lipinski definition) is 6. The molecule has 0 aliphatic carbocycles. The van der Waals surface area contributed by atoms with Gasteiger partial charge in [-0.1, -0.05) is 0 Å². The normalized spacial score (nSPS) is 21.4. The highest BCUT2D eigenvalue weighted by atomic mass is 32.2. The van der Waals surface area contributed by atoms with Crippen molar-refractivity contribution in [2.24, 2.45) is 0 Å². The summed E-state index contributed by atoms with van der Waals surface area (Å²) >= 11 is 0. The summed E-state index contributed by atoms with van der Waals surface area (Å²) in [7, 11) is -3.55. The Morgan fingerprint density at radius 3 is 2.73 bits per heavy atom. The molecule has 2 rings (SSSR count). The topological polar surface area (TPSA) is 98.3 Å². The van der Waals surface area contributed by atoms with E-state index in [0.29, 0.717) is 18.6 Å². The molecule has 0 unspecified atom stereocenters. The Morgan fingerprint density at radius 1 is 1.45 bits per heavy atom. The number of nitrogens with zero attached hydrogens (tertiary/aromatic N) is 2. The number of aryl methyl sites for hydroxylation is 1. The molecule has 122 valence electrons. The Kier molecular flexibility index (Phi) is 4.53. The lowest BCUT2D eigenvalue weighted by molar-refractivity contribution is -0.0615. The molecule has 1 N–H and O–H groups in total. The monoisotopic (exact) mass is 327 g/mol.